The first-order valence-electron chi connectivity index (χ1n) is 5.49. The predicted octanol–water partition coefficient (Wildman–Crippen LogP) is 1.89. The zero-order valence-electron chi connectivity index (χ0n) is 9.02. The molecule has 1 fully saturated rings. The number of ketones is 1. The molecule has 1 unspecified atom stereocenters. The van der Waals surface area contributed by atoms with Gasteiger partial charge in [-0.1, -0.05) is 30.3 Å². The minimum absolute atomic E-state index is 0.00527. The smallest absolute Gasteiger partial charge is 0.313 e. The maximum absolute atomic E-state index is 11.2. The summed E-state index contributed by atoms with van der Waals surface area (Å²) in [5.74, 6) is -0.386. The highest BCUT2D eigenvalue weighted by Gasteiger charge is 2.26. The van der Waals surface area contributed by atoms with Gasteiger partial charge in [-0.25, -0.2) is 0 Å². The Morgan fingerprint density at radius 2 is 1.94 bits per heavy atom. The second kappa shape index (κ2) is 4.92. The number of cyclic esters (lactones) is 1. The Bertz CT molecular complexity index is 367. The fourth-order valence-corrected chi connectivity index (χ4v) is 1.89. The quantitative estimate of drug-likeness (QED) is 0.574. The van der Waals surface area contributed by atoms with Crippen molar-refractivity contribution in [3.63, 3.8) is 0 Å². The first-order chi connectivity index (χ1) is 7.74. The summed E-state index contributed by atoms with van der Waals surface area (Å²) in [5.41, 5.74) is 1.21. The van der Waals surface area contributed by atoms with Crippen molar-refractivity contribution >= 4 is 11.8 Å². The van der Waals surface area contributed by atoms with E-state index in [0.717, 1.165) is 12.8 Å². The van der Waals surface area contributed by atoms with Crippen LogP contribution in [0.15, 0.2) is 30.3 Å². The SMILES string of the molecule is O=C1CC(=O)OC(CCc2ccccc2)C1. The van der Waals surface area contributed by atoms with Crippen LogP contribution in [0.1, 0.15) is 24.8 Å². The van der Waals surface area contributed by atoms with Crippen LogP contribution in [0.25, 0.3) is 0 Å². The maximum Gasteiger partial charge on any atom is 0.313 e. The summed E-state index contributed by atoms with van der Waals surface area (Å²) in [6, 6.07) is 9.99. The Kier molecular flexibility index (Phi) is 3.34. The van der Waals surface area contributed by atoms with Crippen LogP contribution in [0.3, 0.4) is 0 Å². The van der Waals surface area contributed by atoms with Gasteiger partial charge in [0.25, 0.3) is 0 Å². The van der Waals surface area contributed by atoms with Crippen molar-refractivity contribution in [1.82, 2.24) is 0 Å². The fraction of sp³-hybridized carbons (Fsp3) is 0.385. The summed E-state index contributed by atoms with van der Waals surface area (Å²) in [4.78, 5) is 22.2. The molecule has 0 N–H and O–H groups in total. The summed E-state index contributed by atoms with van der Waals surface area (Å²) in [6.07, 6.45) is 1.66. The second-order valence-corrected chi connectivity index (χ2v) is 4.06. The molecule has 1 atom stereocenters. The van der Waals surface area contributed by atoms with E-state index in [-0.39, 0.29) is 24.3 Å². The van der Waals surface area contributed by atoms with E-state index in [1.165, 1.54) is 5.56 Å². The van der Waals surface area contributed by atoms with Gasteiger partial charge in [0, 0.05) is 6.42 Å². The van der Waals surface area contributed by atoms with Crippen molar-refractivity contribution in [3.05, 3.63) is 35.9 Å². The van der Waals surface area contributed by atoms with Crippen LogP contribution in [0.2, 0.25) is 0 Å². The molecule has 0 saturated carbocycles. The minimum Gasteiger partial charge on any atom is -0.462 e. The normalized spacial score (nSPS) is 20.6. The van der Waals surface area contributed by atoms with Gasteiger partial charge >= 0.3 is 5.97 Å². The molecule has 0 aromatic heterocycles. The molecule has 1 aliphatic rings. The van der Waals surface area contributed by atoms with E-state index in [0.29, 0.717) is 6.42 Å². The van der Waals surface area contributed by atoms with E-state index in [9.17, 15) is 9.59 Å². The third-order valence-corrected chi connectivity index (χ3v) is 2.69. The molecule has 1 aliphatic heterocycles. The number of aryl methyl sites for hydroxylation is 1. The largest absolute Gasteiger partial charge is 0.462 e. The Labute approximate surface area is 94.4 Å². The summed E-state index contributed by atoms with van der Waals surface area (Å²) in [7, 11) is 0. The lowest BCUT2D eigenvalue weighted by atomic mass is 10.0. The molecule has 1 aromatic carbocycles. The average molecular weight is 218 g/mol. The monoisotopic (exact) mass is 218 g/mol. The van der Waals surface area contributed by atoms with Gasteiger partial charge in [-0.3, -0.25) is 9.59 Å². The van der Waals surface area contributed by atoms with Crippen molar-refractivity contribution in [2.24, 2.45) is 0 Å². The van der Waals surface area contributed by atoms with Crippen LogP contribution < -0.4 is 0 Å². The lowest BCUT2D eigenvalue weighted by molar-refractivity contribution is -0.157. The number of benzene rings is 1. The predicted molar refractivity (Wildman–Crippen MR) is 58.9 cm³/mol. The first-order valence-corrected chi connectivity index (χ1v) is 5.49. The molecule has 3 nitrogen and oxygen atoms in total. The maximum atomic E-state index is 11.2. The molecule has 16 heavy (non-hydrogen) atoms. The van der Waals surface area contributed by atoms with Gasteiger partial charge in [0.1, 0.15) is 18.3 Å². The summed E-state index contributed by atoms with van der Waals surface area (Å²) < 4.78 is 5.12. The zero-order valence-corrected chi connectivity index (χ0v) is 9.02. The number of carbonyl (C=O) groups is 2. The number of hydrogen-bond donors (Lipinski definition) is 0. The molecule has 1 saturated heterocycles. The third-order valence-electron chi connectivity index (χ3n) is 2.69. The number of ether oxygens (including phenoxy) is 1. The van der Waals surface area contributed by atoms with Gasteiger partial charge in [0.15, 0.2) is 0 Å². The van der Waals surface area contributed by atoms with Crippen LogP contribution in [0.4, 0.5) is 0 Å². The van der Waals surface area contributed by atoms with Crippen molar-refractivity contribution in [2.75, 3.05) is 0 Å². The summed E-state index contributed by atoms with van der Waals surface area (Å²) in [5, 5.41) is 0. The van der Waals surface area contributed by atoms with E-state index in [1.807, 2.05) is 30.3 Å². The van der Waals surface area contributed by atoms with Crippen LogP contribution in [0, 0.1) is 0 Å². The Morgan fingerprint density at radius 1 is 1.19 bits per heavy atom. The average Bonchev–Trinajstić information content (AvgIpc) is 2.27. The topological polar surface area (TPSA) is 43.4 Å². The number of rotatable bonds is 3. The standard InChI is InChI=1S/C13H14O3/c14-11-8-12(16-13(15)9-11)7-6-10-4-2-1-3-5-10/h1-5,12H,6-9H2. The van der Waals surface area contributed by atoms with E-state index in [4.69, 9.17) is 4.74 Å². The van der Waals surface area contributed by atoms with Crippen LogP contribution in [-0.4, -0.2) is 17.9 Å². The Morgan fingerprint density at radius 3 is 2.62 bits per heavy atom. The molecule has 3 heteroatoms. The Hall–Kier alpha value is -1.64. The zero-order chi connectivity index (χ0) is 11.4. The molecule has 0 amide bonds. The molecular formula is C13H14O3. The lowest BCUT2D eigenvalue weighted by Crippen LogP contribution is -2.29. The van der Waals surface area contributed by atoms with E-state index >= 15 is 0 Å². The molecule has 0 radical (unpaired) electrons. The lowest BCUT2D eigenvalue weighted by Gasteiger charge is -2.21. The molecule has 0 bridgehead atoms. The van der Waals surface area contributed by atoms with Crippen molar-refractivity contribution in [2.45, 2.75) is 31.8 Å². The highest BCUT2D eigenvalue weighted by molar-refractivity contribution is 5.97. The summed E-state index contributed by atoms with van der Waals surface area (Å²) in [6.45, 7) is 0. The second-order valence-electron chi connectivity index (χ2n) is 4.06. The minimum atomic E-state index is -0.380. The molecule has 0 spiro atoms. The molecule has 84 valence electrons. The molecule has 1 heterocycles. The van der Waals surface area contributed by atoms with Gasteiger partial charge in [0.2, 0.25) is 0 Å². The van der Waals surface area contributed by atoms with Crippen molar-refractivity contribution in [1.29, 1.82) is 0 Å². The van der Waals surface area contributed by atoms with E-state index in [1.54, 1.807) is 0 Å². The summed E-state index contributed by atoms with van der Waals surface area (Å²) >= 11 is 0. The fourth-order valence-electron chi connectivity index (χ4n) is 1.89. The molecule has 0 aliphatic carbocycles. The van der Waals surface area contributed by atoms with Crippen LogP contribution >= 0.6 is 0 Å². The number of hydrogen-bond acceptors (Lipinski definition) is 3. The van der Waals surface area contributed by atoms with Crippen molar-refractivity contribution in [3.8, 4) is 0 Å². The van der Waals surface area contributed by atoms with Gasteiger partial charge < -0.3 is 4.74 Å². The number of esters is 1. The number of carbonyl (C=O) groups excluding carboxylic acids is 2. The van der Waals surface area contributed by atoms with Crippen LogP contribution in [0.5, 0.6) is 0 Å². The highest BCUT2D eigenvalue weighted by atomic mass is 16.5. The van der Waals surface area contributed by atoms with Gasteiger partial charge in [0.05, 0.1) is 0 Å². The molecule has 2 rings (SSSR count). The molecule has 1 aromatic rings. The molecular weight excluding hydrogens is 204 g/mol. The first kappa shape index (κ1) is 10.9. The number of Topliss-reactive ketones (excluding diaryl/α,β-unsaturated/α-hetero) is 1. The third kappa shape index (κ3) is 2.92. The van der Waals surface area contributed by atoms with Gasteiger partial charge in [-0.05, 0) is 18.4 Å². The van der Waals surface area contributed by atoms with Crippen LogP contribution in [-0.2, 0) is 20.7 Å². The highest BCUT2D eigenvalue weighted by Crippen LogP contribution is 2.16. The van der Waals surface area contributed by atoms with Gasteiger partial charge in [-0.15, -0.1) is 0 Å². The van der Waals surface area contributed by atoms with Gasteiger partial charge in [-0.2, -0.15) is 0 Å². The van der Waals surface area contributed by atoms with E-state index in [2.05, 4.69) is 0 Å². The van der Waals surface area contributed by atoms with E-state index < -0.39 is 0 Å². The Balaban J connectivity index is 1.86. The van der Waals surface area contributed by atoms with Crippen molar-refractivity contribution < 1.29 is 14.3 Å².